The normalized spacial score (nSPS) is 10.3. The molecule has 0 spiro atoms. The van der Waals surface area contributed by atoms with Crippen molar-refractivity contribution in [3.05, 3.63) is 34.4 Å². The Balaban J connectivity index is 3.22. The van der Waals surface area contributed by atoms with Gasteiger partial charge in [-0.2, -0.15) is 12.6 Å². The summed E-state index contributed by atoms with van der Waals surface area (Å²) in [6.45, 7) is 4.18. The molecule has 0 aromatic heterocycles. The molecule has 0 amide bonds. The largest absolute Gasteiger partial charge is 0.392 e. The highest BCUT2D eigenvalue weighted by Gasteiger charge is 2.02. The molecule has 12 heavy (non-hydrogen) atoms. The van der Waals surface area contributed by atoms with Crippen LogP contribution in [0.25, 0.3) is 0 Å². The lowest BCUT2D eigenvalue weighted by molar-refractivity contribution is 0.281. The summed E-state index contributed by atoms with van der Waals surface area (Å²) in [6.07, 6.45) is 0. The van der Waals surface area contributed by atoms with Crippen LogP contribution in [-0.4, -0.2) is 5.11 Å². The maximum absolute atomic E-state index is 9.04. The van der Waals surface area contributed by atoms with Gasteiger partial charge in [0.25, 0.3) is 0 Å². The fraction of sp³-hybridized carbons (Fsp3) is 0.400. The first-order valence-electron chi connectivity index (χ1n) is 3.99. The first-order chi connectivity index (χ1) is 5.69. The third-order valence-electron chi connectivity index (χ3n) is 2.11. The molecule has 1 aromatic rings. The molecule has 66 valence electrons. The number of rotatable bonds is 2. The molecule has 0 aliphatic carbocycles. The van der Waals surface area contributed by atoms with Crippen LogP contribution in [0.1, 0.15) is 22.3 Å². The number of benzene rings is 1. The summed E-state index contributed by atoms with van der Waals surface area (Å²) in [4.78, 5) is 0. The van der Waals surface area contributed by atoms with Gasteiger partial charge in [-0.3, -0.25) is 0 Å². The SMILES string of the molecule is Cc1cc(CO)c(C)c(CS)c1. The van der Waals surface area contributed by atoms with Crippen LogP contribution in [0.2, 0.25) is 0 Å². The first kappa shape index (κ1) is 9.62. The van der Waals surface area contributed by atoms with Crippen molar-refractivity contribution in [1.82, 2.24) is 0 Å². The number of aryl methyl sites for hydroxylation is 1. The second kappa shape index (κ2) is 3.97. The molecule has 1 N–H and O–H groups in total. The van der Waals surface area contributed by atoms with Gasteiger partial charge in [0.2, 0.25) is 0 Å². The van der Waals surface area contributed by atoms with Crippen LogP contribution in [0.5, 0.6) is 0 Å². The Morgan fingerprint density at radius 1 is 1.25 bits per heavy atom. The molecule has 0 bridgehead atoms. The lowest BCUT2D eigenvalue weighted by Crippen LogP contribution is -1.95. The van der Waals surface area contributed by atoms with Crippen molar-refractivity contribution in [3.8, 4) is 0 Å². The monoisotopic (exact) mass is 182 g/mol. The summed E-state index contributed by atoms with van der Waals surface area (Å²) >= 11 is 4.23. The summed E-state index contributed by atoms with van der Waals surface area (Å²) in [5, 5.41) is 9.04. The highest BCUT2D eigenvalue weighted by molar-refractivity contribution is 7.79. The van der Waals surface area contributed by atoms with Crippen LogP contribution < -0.4 is 0 Å². The number of hydrogen-bond donors (Lipinski definition) is 2. The van der Waals surface area contributed by atoms with E-state index >= 15 is 0 Å². The third-order valence-corrected chi connectivity index (χ3v) is 2.45. The van der Waals surface area contributed by atoms with Crippen LogP contribution in [0.4, 0.5) is 0 Å². The Hall–Kier alpha value is -0.470. The van der Waals surface area contributed by atoms with Crippen molar-refractivity contribution in [2.75, 3.05) is 0 Å². The Morgan fingerprint density at radius 3 is 2.33 bits per heavy atom. The molecule has 0 fully saturated rings. The maximum Gasteiger partial charge on any atom is 0.0684 e. The zero-order valence-corrected chi connectivity index (χ0v) is 8.36. The van der Waals surface area contributed by atoms with Crippen LogP contribution >= 0.6 is 12.6 Å². The molecule has 0 unspecified atom stereocenters. The van der Waals surface area contributed by atoms with Gasteiger partial charge in [0.05, 0.1) is 6.61 Å². The average Bonchev–Trinajstić information content (AvgIpc) is 2.08. The molecular weight excluding hydrogens is 168 g/mol. The van der Waals surface area contributed by atoms with Gasteiger partial charge >= 0.3 is 0 Å². The Kier molecular flexibility index (Phi) is 3.18. The molecule has 0 saturated carbocycles. The van der Waals surface area contributed by atoms with Crippen molar-refractivity contribution in [2.24, 2.45) is 0 Å². The topological polar surface area (TPSA) is 20.2 Å². The van der Waals surface area contributed by atoms with Gasteiger partial charge in [0.1, 0.15) is 0 Å². The van der Waals surface area contributed by atoms with E-state index in [-0.39, 0.29) is 6.61 Å². The van der Waals surface area contributed by atoms with Crippen LogP contribution in [-0.2, 0) is 12.4 Å². The molecule has 2 heteroatoms. The molecule has 0 aliphatic rings. The van der Waals surface area contributed by atoms with Gasteiger partial charge in [-0.15, -0.1) is 0 Å². The summed E-state index contributed by atoms with van der Waals surface area (Å²) in [7, 11) is 0. The number of hydrogen-bond acceptors (Lipinski definition) is 2. The minimum Gasteiger partial charge on any atom is -0.392 e. The third kappa shape index (κ3) is 1.82. The van der Waals surface area contributed by atoms with Gasteiger partial charge in [-0.1, -0.05) is 17.7 Å². The predicted octanol–water partition coefficient (Wildman–Crippen LogP) is 2.23. The van der Waals surface area contributed by atoms with Crippen molar-refractivity contribution in [1.29, 1.82) is 0 Å². The molecule has 0 atom stereocenters. The lowest BCUT2D eigenvalue weighted by atomic mass is 10.0. The van der Waals surface area contributed by atoms with E-state index in [0.717, 1.165) is 16.9 Å². The summed E-state index contributed by atoms with van der Waals surface area (Å²) in [5.74, 6) is 0.737. The Labute approximate surface area is 78.8 Å². The highest BCUT2D eigenvalue weighted by Crippen LogP contribution is 2.18. The van der Waals surface area contributed by atoms with Gasteiger partial charge in [0, 0.05) is 5.75 Å². The fourth-order valence-corrected chi connectivity index (χ4v) is 1.67. The predicted molar refractivity (Wildman–Crippen MR) is 54.5 cm³/mol. The van der Waals surface area contributed by atoms with Gasteiger partial charge < -0.3 is 5.11 Å². The minimum absolute atomic E-state index is 0.119. The Bertz CT molecular complexity index is 256. The molecule has 0 saturated heterocycles. The maximum atomic E-state index is 9.04. The van der Waals surface area contributed by atoms with Crippen LogP contribution in [0.15, 0.2) is 12.1 Å². The fourth-order valence-electron chi connectivity index (χ4n) is 1.34. The Morgan fingerprint density at radius 2 is 1.83 bits per heavy atom. The minimum atomic E-state index is 0.119. The second-order valence-electron chi connectivity index (χ2n) is 3.02. The van der Waals surface area contributed by atoms with E-state index < -0.39 is 0 Å². The average molecular weight is 182 g/mol. The van der Waals surface area contributed by atoms with Crippen molar-refractivity contribution >= 4 is 12.6 Å². The van der Waals surface area contributed by atoms with E-state index in [1.54, 1.807) is 0 Å². The molecule has 0 aliphatic heterocycles. The lowest BCUT2D eigenvalue weighted by Gasteiger charge is -2.09. The van der Waals surface area contributed by atoms with Crippen molar-refractivity contribution in [2.45, 2.75) is 26.2 Å². The second-order valence-corrected chi connectivity index (χ2v) is 3.34. The number of thiol groups is 1. The summed E-state index contributed by atoms with van der Waals surface area (Å²) in [5.41, 5.74) is 4.58. The van der Waals surface area contributed by atoms with E-state index in [1.165, 1.54) is 11.1 Å². The molecule has 1 rings (SSSR count). The van der Waals surface area contributed by atoms with E-state index in [9.17, 15) is 0 Å². The zero-order valence-electron chi connectivity index (χ0n) is 7.46. The summed E-state index contributed by atoms with van der Waals surface area (Å²) in [6, 6.07) is 4.13. The quantitative estimate of drug-likeness (QED) is 0.672. The van der Waals surface area contributed by atoms with Crippen LogP contribution in [0.3, 0.4) is 0 Å². The molecule has 1 aromatic carbocycles. The van der Waals surface area contributed by atoms with Gasteiger partial charge in [0.15, 0.2) is 0 Å². The smallest absolute Gasteiger partial charge is 0.0684 e. The number of aliphatic hydroxyl groups excluding tert-OH is 1. The van der Waals surface area contributed by atoms with Gasteiger partial charge in [-0.05, 0) is 30.5 Å². The molecule has 0 radical (unpaired) electrons. The molecule has 1 nitrogen and oxygen atoms in total. The first-order valence-corrected chi connectivity index (χ1v) is 4.63. The zero-order chi connectivity index (χ0) is 9.14. The van der Waals surface area contributed by atoms with Crippen molar-refractivity contribution < 1.29 is 5.11 Å². The molecular formula is C10H14OS. The van der Waals surface area contributed by atoms with E-state index in [1.807, 2.05) is 19.9 Å². The standard InChI is InChI=1S/C10H14OS/c1-7-3-9(5-11)8(2)10(4-7)6-12/h3-4,11-12H,5-6H2,1-2H3. The number of aliphatic hydroxyl groups is 1. The van der Waals surface area contributed by atoms with Crippen molar-refractivity contribution in [3.63, 3.8) is 0 Å². The summed E-state index contributed by atoms with van der Waals surface area (Å²) < 4.78 is 0. The van der Waals surface area contributed by atoms with E-state index in [0.29, 0.717) is 0 Å². The van der Waals surface area contributed by atoms with E-state index in [4.69, 9.17) is 5.11 Å². The van der Waals surface area contributed by atoms with Crippen LogP contribution in [0, 0.1) is 13.8 Å². The van der Waals surface area contributed by atoms with Gasteiger partial charge in [-0.25, -0.2) is 0 Å². The highest BCUT2D eigenvalue weighted by atomic mass is 32.1. The van der Waals surface area contributed by atoms with E-state index in [2.05, 4.69) is 18.7 Å². The molecule has 0 heterocycles.